The van der Waals surface area contributed by atoms with Gasteiger partial charge in [-0.25, -0.2) is 4.98 Å². The third-order valence-electron chi connectivity index (χ3n) is 4.73. The number of nitrogens with zero attached hydrogens (tertiary/aromatic N) is 4. The quantitative estimate of drug-likeness (QED) is 0.840. The Kier molecular flexibility index (Phi) is 3.91. The lowest BCUT2D eigenvalue weighted by Gasteiger charge is -2.42. The number of aromatic nitrogens is 4. The number of piperidine rings is 1. The van der Waals surface area contributed by atoms with Crippen LogP contribution in [0.3, 0.4) is 0 Å². The van der Waals surface area contributed by atoms with Gasteiger partial charge in [0.1, 0.15) is 5.82 Å². The molecular weight excluding hydrogens is 326 g/mol. The molecule has 126 valence electrons. The summed E-state index contributed by atoms with van der Waals surface area (Å²) < 4.78 is 1.88. The number of amides is 1. The highest BCUT2D eigenvalue weighted by molar-refractivity contribution is 7.99. The smallest absolute Gasteiger partial charge is 0.250 e. The zero-order valence-corrected chi connectivity index (χ0v) is 14.3. The molecule has 1 saturated heterocycles. The number of fused-ring (bicyclic) bond motifs is 4. The second-order valence-corrected chi connectivity index (χ2v) is 7.43. The minimum Gasteiger partial charge on any atom is -0.341 e. The molecule has 4 heterocycles. The van der Waals surface area contributed by atoms with Gasteiger partial charge in [-0.15, -0.1) is 5.10 Å². The monoisotopic (exact) mass is 345 g/mol. The first-order valence-corrected chi connectivity index (χ1v) is 9.08. The molecule has 2 aromatic heterocycles. The number of hydrogen-bond acceptors (Lipinski definition) is 5. The molecule has 0 unspecified atom stereocenters. The maximum Gasteiger partial charge on any atom is 0.250 e. The van der Waals surface area contributed by atoms with E-state index in [9.17, 15) is 9.59 Å². The molecule has 1 N–H and O–H groups in total. The first-order chi connectivity index (χ1) is 11.6. The van der Waals surface area contributed by atoms with E-state index in [-0.39, 0.29) is 17.4 Å². The Balaban J connectivity index is 1.45. The Morgan fingerprint density at radius 2 is 2.25 bits per heavy atom. The normalized spacial score (nSPS) is 22.3. The zero-order chi connectivity index (χ0) is 16.7. The van der Waals surface area contributed by atoms with Crippen LogP contribution >= 0.6 is 11.8 Å². The summed E-state index contributed by atoms with van der Waals surface area (Å²) in [5.41, 5.74) is 1.13. The van der Waals surface area contributed by atoms with Crippen LogP contribution < -0.4 is 5.56 Å². The highest BCUT2D eigenvalue weighted by Crippen LogP contribution is 2.35. The lowest BCUT2D eigenvalue weighted by molar-refractivity contribution is -0.131. The molecule has 7 nitrogen and oxygen atoms in total. The molecule has 0 radical (unpaired) electrons. The van der Waals surface area contributed by atoms with Crippen molar-refractivity contribution in [2.75, 3.05) is 18.8 Å². The number of carbonyl (C=O) groups excluding carboxylic acids is 1. The van der Waals surface area contributed by atoms with Crippen LogP contribution in [0, 0.1) is 12.8 Å². The Morgan fingerprint density at radius 1 is 1.38 bits per heavy atom. The molecule has 2 aromatic rings. The average molecular weight is 345 g/mol. The summed E-state index contributed by atoms with van der Waals surface area (Å²) in [6.07, 6.45) is 1.06. The number of hydrogen-bond donors (Lipinski definition) is 1. The fraction of sp³-hybridized carbons (Fsp3) is 0.500. The van der Waals surface area contributed by atoms with Gasteiger partial charge in [-0.2, -0.15) is 0 Å². The molecule has 2 aliphatic heterocycles. The molecule has 0 aromatic carbocycles. The molecule has 0 spiro atoms. The fourth-order valence-corrected chi connectivity index (χ4v) is 4.45. The number of carbonyl (C=O) groups is 1. The van der Waals surface area contributed by atoms with Crippen LogP contribution in [0.25, 0.3) is 0 Å². The second kappa shape index (κ2) is 6.08. The predicted molar refractivity (Wildman–Crippen MR) is 90.0 cm³/mol. The molecular formula is C16H19N5O2S. The SMILES string of the molecule is Cc1nc(SCC(=O)N2C[C@H]3C[C@@H](C2)c2cccc(=O)n2C3)n[nH]1. The first kappa shape index (κ1) is 15.4. The number of aryl methyl sites for hydroxylation is 1. The topological polar surface area (TPSA) is 83.9 Å². The van der Waals surface area contributed by atoms with E-state index in [2.05, 4.69) is 15.2 Å². The number of aromatic amines is 1. The summed E-state index contributed by atoms with van der Waals surface area (Å²) in [6, 6.07) is 5.45. The molecule has 2 bridgehead atoms. The van der Waals surface area contributed by atoms with Crippen molar-refractivity contribution in [2.45, 2.75) is 31.0 Å². The maximum absolute atomic E-state index is 12.6. The van der Waals surface area contributed by atoms with Gasteiger partial charge in [0.15, 0.2) is 0 Å². The third-order valence-corrected chi connectivity index (χ3v) is 5.57. The molecule has 0 saturated carbocycles. The lowest BCUT2D eigenvalue weighted by atomic mass is 9.83. The molecule has 2 aliphatic rings. The number of likely N-dealkylation sites (tertiary alicyclic amines) is 1. The van der Waals surface area contributed by atoms with Crippen molar-refractivity contribution in [2.24, 2.45) is 5.92 Å². The summed E-state index contributed by atoms with van der Waals surface area (Å²) in [6.45, 7) is 3.96. The predicted octanol–water partition coefficient (Wildman–Crippen LogP) is 1.01. The van der Waals surface area contributed by atoms with Gasteiger partial charge in [0.2, 0.25) is 11.1 Å². The summed E-state index contributed by atoms with van der Waals surface area (Å²) in [4.78, 5) is 30.7. The Labute approximate surface area is 143 Å². The van der Waals surface area contributed by atoms with E-state index in [1.807, 2.05) is 28.5 Å². The van der Waals surface area contributed by atoms with E-state index in [1.54, 1.807) is 6.07 Å². The van der Waals surface area contributed by atoms with E-state index >= 15 is 0 Å². The molecule has 8 heteroatoms. The van der Waals surface area contributed by atoms with Crippen molar-refractivity contribution < 1.29 is 4.79 Å². The van der Waals surface area contributed by atoms with Crippen molar-refractivity contribution in [3.8, 4) is 0 Å². The third kappa shape index (κ3) is 2.86. The molecule has 4 rings (SSSR count). The molecule has 0 aliphatic carbocycles. The number of rotatable bonds is 3. The van der Waals surface area contributed by atoms with E-state index in [4.69, 9.17) is 0 Å². The van der Waals surface area contributed by atoms with E-state index in [1.165, 1.54) is 11.8 Å². The van der Waals surface area contributed by atoms with Crippen LogP contribution in [0.5, 0.6) is 0 Å². The highest BCUT2D eigenvalue weighted by Gasteiger charge is 2.36. The van der Waals surface area contributed by atoms with Crippen LogP contribution in [0.1, 0.15) is 23.9 Å². The number of nitrogens with one attached hydrogen (secondary N) is 1. The average Bonchev–Trinajstić information content (AvgIpc) is 2.99. The molecule has 1 amide bonds. The van der Waals surface area contributed by atoms with Crippen LogP contribution in [0.2, 0.25) is 0 Å². The zero-order valence-electron chi connectivity index (χ0n) is 13.4. The van der Waals surface area contributed by atoms with Crippen molar-refractivity contribution >= 4 is 17.7 Å². The summed E-state index contributed by atoms with van der Waals surface area (Å²) in [5, 5.41) is 7.44. The number of H-pyrrole nitrogens is 1. The van der Waals surface area contributed by atoms with Crippen LogP contribution in [-0.2, 0) is 11.3 Å². The molecule has 2 atom stereocenters. The largest absolute Gasteiger partial charge is 0.341 e. The lowest BCUT2D eigenvalue weighted by Crippen LogP contribution is -2.49. The van der Waals surface area contributed by atoms with Crippen molar-refractivity contribution in [1.29, 1.82) is 0 Å². The number of thioether (sulfide) groups is 1. The van der Waals surface area contributed by atoms with Gasteiger partial charge in [-0.05, 0) is 25.3 Å². The Hall–Kier alpha value is -2.09. The van der Waals surface area contributed by atoms with E-state index < -0.39 is 0 Å². The van der Waals surface area contributed by atoms with Crippen LogP contribution in [0.15, 0.2) is 28.2 Å². The molecule has 24 heavy (non-hydrogen) atoms. The van der Waals surface area contributed by atoms with Crippen LogP contribution in [0.4, 0.5) is 0 Å². The van der Waals surface area contributed by atoms with E-state index in [0.717, 1.165) is 24.5 Å². The standard InChI is InChI=1S/C16H19N5O2S/c1-10-17-16(19-18-10)24-9-15(23)20-6-11-5-12(8-20)13-3-2-4-14(22)21(13)7-11/h2-4,11-12H,5-9H2,1H3,(H,17,18,19)/t11-,12+/m1/s1. The summed E-state index contributed by atoms with van der Waals surface area (Å²) in [7, 11) is 0. The van der Waals surface area contributed by atoms with Gasteiger partial charge in [0, 0.05) is 37.3 Å². The van der Waals surface area contributed by atoms with Gasteiger partial charge in [0.05, 0.1) is 5.75 Å². The van der Waals surface area contributed by atoms with Gasteiger partial charge in [-0.3, -0.25) is 14.7 Å². The first-order valence-electron chi connectivity index (χ1n) is 8.09. The fourth-order valence-electron chi connectivity index (χ4n) is 3.70. The van der Waals surface area contributed by atoms with Gasteiger partial charge in [0.25, 0.3) is 5.56 Å². The Bertz CT molecular complexity index is 830. The maximum atomic E-state index is 12.6. The summed E-state index contributed by atoms with van der Waals surface area (Å²) >= 11 is 1.36. The van der Waals surface area contributed by atoms with Gasteiger partial charge in [-0.1, -0.05) is 17.8 Å². The minimum absolute atomic E-state index is 0.0671. The minimum atomic E-state index is 0.0671. The highest BCUT2D eigenvalue weighted by atomic mass is 32.2. The van der Waals surface area contributed by atoms with Crippen molar-refractivity contribution in [3.05, 3.63) is 40.1 Å². The summed E-state index contributed by atoms with van der Waals surface area (Å²) in [5.74, 6) is 1.82. The number of pyridine rings is 1. The van der Waals surface area contributed by atoms with Gasteiger partial charge < -0.3 is 9.47 Å². The van der Waals surface area contributed by atoms with Crippen molar-refractivity contribution in [1.82, 2.24) is 24.6 Å². The molecule has 1 fully saturated rings. The van der Waals surface area contributed by atoms with E-state index in [0.29, 0.717) is 29.9 Å². The Morgan fingerprint density at radius 3 is 3.04 bits per heavy atom. The second-order valence-electron chi connectivity index (χ2n) is 6.49. The van der Waals surface area contributed by atoms with Crippen LogP contribution in [-0.4, -0.2) is 49.4 Å². The van der Waals surface area contributed by atoms with Crippen molar-refractivity contribution in [3.63, 3.8) is 0 Å². The van der Waals surface area contributed by atoms with Gasteiger partial charge >= 0.3 is 0 Å².